The van der Waals surface area contributed by atoms with Gasteiger partial charge in [-0.25, -0.2) is 0 Å². The predicted molar refractivity (Wildman–Crippen MR) is 63.2 cm³/mol. The fourth-order valence-corrected chi connectivity index (χ4v) is 1.65. The molecule has 1 aromatic carbocycles. The third-order valence-electron chi connectivity index (χ3n) is 2.10. The largest absolute Gasteiger partial charge is 0.369 e. The van der Waals surface area contributed by atoms with Crippen LogP contribution < -0.4 is 5.32 Å². The van der Waals surface area contributed by atoms with Crippen molar-refractivity contribution in [1.82, 2.24) is 10.2 Å². The highest BCUT2D eigenvalue weighted by atomic mass is 35.5. The third-order valence-corrected chi connectivity index (χ3v) is 2.43. The van der Waals surface area contributed by atoms with E-state index in [0.717, 1.165) is 28.6 Å². The van der Waals surface area contributed by atoms with Crippen molar-refractivity contribution in [2.75, 3.05) is 11.9 Å². The maximum absolute atomic E-state index is 6.08. The number of nitrogens with zero attached hydrogens (tertiary/aromatic N) is 1. The molecule has 0 radical (unpaired) electrons. The van der Waals surface area contributed by atoms with Crippen molar-refractivity contribution >= 4 is 17.4 Å². The summed E-state index contributed by atoms with van der Waals surface area (Å²) in [5, 5.41) is 10.9. The molecule has 0 fully saturated rings. The second-order valence-electron chi connectivity index (χ2n) is 3.18. The zero-order valence-corrected chi connectivity index (χ0v) is 9.17. The topological polar surface area (TPSA) is 40.7 Å². The molecule has 0 aliphatic rings. The number of nitrogens with one attached hydrogen (secondary N) is 2. The van der Waals surface area contributed by atoms with E-state index >= 15 is 0 Å². The fraction of sp³-hybridized carbons (Fsp3) is 0.182. The van der Waals surface area contributed by atoms with Gasteiger partial charge in [-0.15, -0.1) is 0 Å². The molecule has 0 saturated carbocycles. The van der Waals surface area contributed by atoms with Gasteiger partial charge in [-0.2, -0.15) is 5.10 Å². The van der Waals surface area contributed by atoms with E-state index in [1.807, 2.05) is 37.3 Å². The van der Waals surface area contributed by atoms with Crippen LogP contribution in [0.25, 0.3) is 11.3 Å². The van der Waals surface area contributed by atoms with Crippen LogP contribution in [-0.2, 0) is 0 Å². The summed E-state index contributed by atoms with van der Waals surface area (Å²) in [5.41, 5.74) is 1.90. The molecule has 1 aromatic heterocycles. The van der Waals surface area contributed by atoms with Crippen LogP contribution in [0.3, 0.4) is 0 Å². The molecule has 0 amide bonds. The van der Waals surface area contributed by atoms with Crippen molar-refractivity contribution in [2.24, 2.45) is 0 Å². The van der Waals surface area contributed by atoms with Gasteiger partial charge in [0.05, 0.1) is 5.69 Å². The van der Waals surface area contributed by atoms with E-state index < -0.39 is 0 Å². The molecular weight excluding hydrogens is 210 g/mol. The third kappa shape index (κ3) is 2.13. The Morgan fingerprint density at radius 3 is 2.93 bits per heavy atom. The second-order valence-corrected chi connectivity index (χ2v) is 3.58. The molecule has 0 aliphatic carbocycles. The van der Waals surface area contributed by atoms with Crippen molar-refractivity contribution in [3.63, 3.8) is 0 Å². The van der Waals surface area contributed by atoms with Crippen LogP contribution in [0.15, 0.2) is 30.3 Å². The summed E-state index contributed by atoms with van der Waals surface area (Å²) in [6.07, 6.45) is 0. The summed E-state index contributed by atoms with van der Waals surface area (Å²) in [5.74, 6) is 0.840. The molecule has 15 heavy (non-hydrogen) atoms. The normalized spacial score (nSPS) is 10.3. The standard InChI is InChI=1S/C11H12ClN3/c1-2-13-11-7-10(14-15-11)8-5-3-4-6-9(8)12/h3-7H,2H2,1H3,(H2,13,14,15). The maximum Gasteiger partial charge on any atom is 0.148 e. The lowest BCUT2D eigenvalue weighted by atomic mass is 10.1. The Hall–Kier alpha value is -1.48. The van der Waals surface area contributed by atoms with Crippen LogP contribution >= 0.6 is 11.6 Å². The van der Waals surface area contributed by atoms with Crippen LogP contribution in [-0.4, -0.2) is 16.7 Å². The van der Waals surface area contributed by atoms with Crippen LogP contribution in [0.1, 0.15) is 6.92 Å². The average Bonchev–Trinajstić information content (AvgIpc) is 2.68. The molecule has 0 bridgehead atoms. The van der Waals surface area contributed by atoms with Gasteiger partial charge in [0.15, 0.2) is 0 Å². The highest BCUT2D eigenvalue weighted by Crippen LogP contribution is 2.26. The monoisotopic (exact) mass is 221 g/mol. The Morgan fingerprint density at radius 1 is 1.40 bits per heavy atom. The van der Waals surface area contributed by atoms with Crippen molar-refractivity contribution in [3.8, 4) is 11.3 Å². The summed E-state index contributed by atoms with van der Waals surface area (Å²) in [6, 6.07) is 9.64. The first-order chi connectivity index (χ1) is 7.31. The molecular formula is C11H12ClN3. The van der Waals surface area contributed by atoms with E-state index in [0.29, 0.717) is 0 Å². The molecule has 0 spiro atoms. The van der Waals surface area contributed by atoms with Gasteiger partial charge in [0.25, 0.3) is 0 Å². The van der Waals surface area contributed by atoms with Gasteiger partial charge in [-0.1, -0.05) is 29.8 Å². The summed E-state index contributed by atoms with van der Waals surface area (Å²) in [6.45, 7) is 2.89. The molecule has 0 aliphatic heterocycles. The van der Waals surface area contributed by atoms with Crippen LogP contribution in [0.2, 0.25) is 5.02 Å². The molecule has 3 nitrogen and oxygen atoms in total. The minimum absolute atomic E-state index is 0.726. The van der Waals surface area contributed by atoms with Gasteiger partial charge in [-0.05, 0) is 13.0 Å². The van der Waals surface area contributed by atoms with Crippen LogP contribution in [0, 0.1) is 0 Å². The van der Waals surface area contributed by atoms with Gasteiger partial charge in [0.2, 0.25) is 0 Å². The van der Waals surface area contributed by atoms with Gasteiger partial charge >= 0.3 is 0 Å². The Bertz CT molecular complexity index is 451. The number of aromatic nitrogens is 2. The molecule has 78 valence electrons. The summed E-state index contributed by atoms with van der Waals surface area (Å²) >= 11 is 6.08. The second kappa shape index (κ2) is 4.36. The van der Waals surface area contributed by atoms with E-state index in [9.17, 15) is 0 Å². The zero-order valence-electron chi connectivity index (χ0n) is 8.42. The molecule has 2 rings (SSSR count). The van der Waals surface area contributed by atoms with Crippen molar-refractivity contribution in [2.45, 2.75) is 6.92 Å². The number of halogens is 1. The van der Waals surface area contributed by atoms with Crippen LogP contribution in [0.5, 0.6) is 0 Å². The molecule has 0 unspecified atom stereocenters. The Kier molecular flexibility index (Phi) is 2.92. The summed E-state index contributed by atoms with van der Waals surface area (Å²) in [4.78, 5) is 0. The average molecular weight is 222 g/mol. The molecule has 2 N–H and O–H groups in total. The van der Waals surface area contributed by atoms with E-state index in [2.05, 4.69) is 15.5 Å². The molecule has 0 saturated heterocycles. The number of benzene rings is 1. The minimum Gasteiger partial charge on any atom is -0.369 e. The zero-order chi connectivity index (χ0) is 10.7. The van der Waals surface area contributed by atoms with Gasteiger partial charge in [0.1, 0.15) is 5.82 Å². The number of H-pyrrole nitrogens is 1. The SMILES string of the molecule is CCNc1cc(-c2ccccc2Cl)[nH]n1. The highest BCUT2D eigenvalue weighted by molar-refractivity contribution is 6.33. The lowest BCUT2D eigenvalue weighted by molar-refractivity contribution is 1.07. The van der Waals surface area contributed by atoms with Crippen LogP contribution in [0.4, 0.5) is 5.82 Å². The van der Waals surface area contributed by atoms with E-state index in [1.54, 1.807) is 0 Å². The first-order valence-corrected chi connectivity index (χ1v) is 5.23. The number of hydrogen-bond donors (Lipinski definition) is 2. The van der Waals surface area contributed by atoms with Gasteiger partial charge in [-0.3, -0.25) is 5.10 Å². The number of rotatable bonds is 3. The first kappa shape index (κ1) is 10.1. The maximum atomic E-state index is 6.08. The van der Waals surface area contributed by atoms with Gasteiger partial charge in [0, 0.05) is 23.2 Å². The number of hydrogen-bond acceptors (Lipinski definition) is 2. The molecule has 0 atom stereocenters. The summed E-state index contributed by atoms with van der Waals surface area (Å²) < 4.78 is 0. The smallest absolute Gasteiger partial charge is 0.148 e. The lowest BCUT2D eigenvalue weighted by Gasteiger charge is -1.98. The molecule has 4 heteroatoms. The quantitative estimate of drug-likeness (QED) is 0.836. The number of anilines is 1. The van der Waals surface area contributed by atoms with Crippen molar-refractivity contribution < 1.29 is 0 Å². The van der Waals surface area contributed by atoms with E-state index in [-0.39, 0.29) is 0 Å². The lowest BCUT2D eigenvalue weighted by Crippen LogP contribution is -1.95. The minimum atomic E-state index is 0.726. The fourth-order valence-electron chi connectivity index (χ4n) is 1.41. The van der Waals surface area contributed by atoms with E-state index in [1.165, 1.54) is 0 Å². The number of aromatic amines is 1. The van der Waals surface area contributed by atoms with Crippen molar-refractivity contribution in [1.29, 1.82) is 0 Å². The highest BCUT2D eigenvalue weighted by Gasteiger charge is 2.05. The first-order valence-electron chi connectivity index (χ1n) is 4.85. The Balaban J connectivity index is 2.33. The molecule has 2 aromatic rings. The summed E-state index contributed by atoms with van der Waals surface area (Å²) in [7, 11) is 0. The van der Waals surface area contributed by atoms with E-state index in [4.69, 9.17) is 11.6 Å². The Morgan fingerprint density at radius 2 is 2.20 bits per heavy atom. The van der Waals surface area contributed by atoms with Crippen molar-refractivity contribution in [3.05, 3.63) is 35.4 Å². The molecule has 1 heterocycles. The van der Waals surface area contributed by atoms with Gasteiger partial charge < -0.3 is 5.32 Å². The Labute approximate surface area is 93.5 Å². The predicted octanol–water partition coefficient (Wildman–Crippen LogP) is 3.16.